The second-order valence-electron chi connectivity index (χ2n) is 6.95. The third-order valence-electron chi connectivity index (χ3n) is 5.00. The van der Waals surface area contributed by atoms with E-state index in [1.165, 1.54) is 0 Å². The molecule has 0 aromatic heterocycles. The third-order valence-corrected chi connectivity index (χ3v) is 5.00. The average Bonchev–Trinajstić information content (AvgIpc) is 3.27. The molecule has 1 saturated heterocycles. The summed E-state index contributed by atoms with van der Waals surface area (Å²) in [6, 6.07) is 8.06. The largest absolute Gasteiger partial charge is 0.352 e. The van der Waals surface area contributed by atoms with Crippen molar-refractivity contribution in [2.24, 2.45) is 5.92 Å². The molecule has 6 heteroatoms. The molecular weight excluding hydrogens is 338 g/mol. The van der Waals surface area contributed by atoms with E-state index in [1.807, 2.05) is 24.3 Å². The van der Waals surface area contributed by atoms with E-state index >= 15 is 0 Å². The summed E-state index contributed by atoms with van der Waals surface area (Å²) >= 11 is 0. The summed E-state index contributed by atoms with van der Waals surface area (Å²) < 4.78 is 0. The highest BCUT2D eigenvalue weighted by atomic mass is 35.5. The van der Waals surface area contributed by atoms with Gasteiger partial charge in [-0.15, -0.1) is 12.4 Å². The second kappa shape index (κ2) is 9.78. The minimum Gasteiger partial charge on any atom is -0.352 e. The van der Waals surface area contributed by atoms with E-state index in [2.05, 4.69) is 16.0 Å². The molecule has 1 aromatic rings. The fraction of sp³-hybridized carbons (Fsp3) is 0.579. The molecule has 3 rings (SSSR count). The monoisotopic (exact) mass is 365 g/mol. The Morgan fingerprint density at radius 3 is 2.64 bits per heavy atom. The number of anilines is 1. The van der Waals surface area contributed by atoms with Crippen LogP contribution in [0.5, 0.6) is 0 Å². The number of nitrogens with one attached hydrogen (secondary N) is 3. The van der Waals surface area contributed by atoms with Gasteiger partial charge in [-0.1, -0.05) is 25.0 Å². The summed E-state index contributed by atoms with van der Waals surface area (Å²) in [4.78, 5) is 24.2. The van der Waals surface area contributed by atoms with Crippen molar-refractivity contribution in [2.45, 2.75) is 57.5 Å². The van der Waals surface area contributed by atoms with Gasteiger partial charge in [-0.05, 0) is 49.9 Å². The maximum Gasteiger partial charge on any atom is 0.227 e. The number of hydrogen-bond donors (Lipinski definition) is 3. The summed E-state index contributed by atoms with van der Waals surface area (Å²) in [5, 5.41) is 9.31. The zero-order valence-corrected chi connectivity index (χ0v) is 15.4. The molecular formula is C19H28ClN3O2. The molecule has 0 radical (unpaired) electrons. The second-order valence-corrected chi connectivity index (χ2v) is 6.95. The van der Waals surface area contributed by atoms with E-state index < -0.39 is 0 Å². The lowest BCUT2D eigenvalue weighted by atomic mass is 10.1. The average molecular weight is 366 g/mol. The molecule has 0 bridgehead atoms. The first-order valence-corrected chi connectivity index (χ1v) is 9.10. The Morgan fingerprint density at radius 1 is 1.12 bits per heavy atom. The van der Waals surface area contributed by atoms with E-state index in [0.29, 0.717) is 19.0 Å². The lowest BCUT2D eigenvalue weighted by molar-refractivity contribution is -0.122. The predicted octanol–water partition coefficient (Wildman–Crippen LogP) is 3.00. The number of benzene rings is 1. The number of carbonyl (C=O) groups is 2. The van der Waals surface area contributed by atoms with Crippen LogP contribution in [0.3, 0.4) is 0 Å². The number of amides is 2. The molecule has 5 nitrogen and oxygen atoms in total. The van der Waals surface area contributed by atoms with Crippen LogP contribution in [0.2, 0.25) is 0 Å². The van der Waals surface area contributed by atoms with Gasteiger partial charge in [0, 0.05) is 30.6 Å². The standard InChI is InChI=1S/C19H27N3O2.ClH/c23-18(12-16-9-4-10-20-16)21-13-14-5-3-8-17(11-14)22-19(24)15-6-1-2-7-15;/h3,5,8,11,15-16,20H,1-2,4,6-7,9-10,12-13H2,(H,21,23)(H,22,24);1H. The van der Waals surface area contributed by atoms with Crippen LogP contribution >= 0.6 is 12.4 Å². The highest BCUT2D eigenvalue weighted by Gasteiger charge is 2.22. The Labute approximate surface area is 155 Å². The van der Waals surface area contributed by atoms with Crippen molar-refractivity contribution in [1.82, 2.24) is 10.6 Å². The molecule has 2 aliphatic rings. The van der Waals surface area contributed by atoms with Crippen molar-refractivity contribution in [1.29, 1.82) is 0 Å². The van der Waals surface area contributed by atoms with Gasteiger partial charge in [0.1, 0.15) is 0 Å². The van der Waals surface area contributed by atoms with Gasteiger partial charge in [-0.25, -0.2) is 0 Å². The van der Waals surface area contributed by atoms with Crippen molar-refractivity contribution >= 4 is 29.9 Å². The van der Waals surface area contributed by atoms with E-state index in [-0.39, 0.29) is 30.1 Å². The van der Waals surface area contributed by atoms with Crippen molar-refractivity contribution in [3.05, 3.63) is 29.8 Å². The highest BCUT2D eigenvalue weighted by molar-refractivity contribution is 5.92. The van der Waals surface area contributed by atoms with Gasteiger partial charge in [0.05, 0.1) is 0 Å². The fourth-order valence-corrected chi connectivity index (χ4v) is 3.62. The molecule has 2 fully saturated rings. The van der Waals surface area contributed by atoms with Crippen LogP contribution in [0.4, 0.5) is 5.69 Å². The van der Waals surface area contributed by atoms with Gasteiger partial charge < -0.3 is 16.0 Å². The van der Waals surface area contributed by atoms with Gasteiger partial charge in [0.25, 0.3) is 0 Å². The van der Waals surface area contributed by atoms with Crippen LogP contribution in [-0.2, 0) is 16.1 Å². The normalized spacial score (nSPS) is 20.1. The molecule has 2 amide bonds. The van der Waals surface area contributed by atoms with Crippen LogP contribution in [0.15, 0.2) is 24.3 Å². The summed E-state index contributed by atoms with van der Waals surface area (Å²) in [5.74, 6) is 0.364. The van der Waals surface area contributed by atoms with E-state index in [0.717, 1.165) is 56.3 Å². The Hall–Kier alpha value is -1.59. The molecule has 138 valence electrons. The summed E-state index contributed by atoms with van der Waals surface area (Å²) in [6.07, 6.45) is 7.07. The first-order valence-electron chi connectivity index (χ1n) is 9.10. The number of rotatable bonds is 6. The molecule has 3 N–H and O–H groups in total. The first kappa shape index (κ1) is 19.7. The molecule has 1 aliphatic heterocycles. The smallest absolute Gasteiger partial charge is 0.227 e. The first-order chi connectivity index (χ1) is 11.7. The van der Waals surface area contributed by atoms with Crippen molar-refractivity contribution in [3.8, 4) is 0 Å². The lowest BCUT2D eigenvalue weighted by Gasteiger charge is -2.13. The summed E-state index contributed by atoms with van der Waals surface area (Å²) in [7, 11) is 0. The third kappa shape index (κ3) is 6.01. The molecule has 1 saturated carbocycles. The molecule has 1 heterocycles. The lowest BCUT2D eigenvalue weighted by Crippen LogP contribution is -2.31. The minimum atomic E-state index is 0. The molecule has 1 atom stereocenters. The predicted molar refractivity (Wildman–Crippen MR) is 102 cm³/mol. The maximum atomic E-state index is 12.2. The van der Waals surface area contributed by atoms with Gasteiger partial charge in [-0.2, -0.15) is 0 Å². The van der Waals surface area contributed by atoms with Gasteiger partial charge in [0.15, 0.2) is 0 Å². The topological polar surface area (TPSA) is 70.2 Å². The van der Waals surface area contributed by atoms with Crippen LogP contribution < -0.4 is 16.0 Å². The molecule has 25 heavy (non-hydrogen) atoms. The van der Waals surface area contributed by atoms with Crippen molar-refractivity contribution in [2.75, 3.05) is 11.9 Å². The van der Waals surface area contributed by atoms with Gasteiger partial charge >= 0.3 is 0 Å². The Bertz CT molecular complexity index is 582. The number of carbonyl (C=O) groups excluding carboxylic acids is 2. The molecule has 1 aromatic carbocycles. The zero-order valence-electron chi connectivity index (χ0n) is 14.6. The maximum absolute atomic E-state index is 12.2. The molecule has 1 aliphatic carbocycles. The van der Waals surface area contributed by atoms with E-state index in [1.54, 1.807) is 0 Å². The Morgan fingerprint density at radius 2 is 1.92 bits per heavy atom. The number of halogens is 1. The summed E-state index contributed by atoms with van der Waals surface area (Å²) in [5.41, 5.74) is 1.82. The summed E-state index contributed by atoms with van der Waals surface area (Å²) in [6.45, 7) is 1.51. The SMILES string of the molecule is Cl.O=C(CC1CCCN1)NCc1cccc(NC(=O)C2CCCC2)c1. The van der Waals surface area contributed by atoms with Crippen molar-refractivity contribution < 1.29 is 9.59 Å². The minimum absolute atomic E-state index is 0. The fourth-order valence-electron chi connectivity index (χ4n) is 3.62. The van der Waals surface area contributed by atoms with E-state index in [4.69, 9.17) is 0 Å². The Kier molecular flexibility index (Phi) is 7.72. The van der Waals surface area contributed by atoms with Crippen LogP contribution in [-0.4, -0.2) is 24.4 Å². The molecule has 0 spiro atoms. The quantitative estimate of drug-likeness (QED) is 0.725. The van der Waals surface area contributed by atoms with Crippen LogP contribution in [0.25, 0.3) is 0 Å². The Balaban J connectivity index is 0.00000225. The van der Waals surface area contributed by atoms with Gasteiger partial charge in [0.2, 0.25) is 11.8 Å². The van der Waals surface area contributed by atoms with E-state index in [9.17, 15) is 9.59 Å². The highest BCUT2D eigenvalue weighted by Crippen LogP contribution is 2.26. The number of hydrogen-bond acceptors (Lipinski definition) is 3. The van der Waals surface area contributed by atoms with Crippen molar-refractivity contribution in [3.63, 3.8) is 0 Å². The van der Waals surface area contributed by atoms with Crippen LogP contribution in [0.1, 0.15) is 50.5 Å². The van der Waals surface area contributed by atoms with Gasteiger partial charge in [-0.3, -0.25) is 9.59 Å². The molecule has 1 unspecified atom stereocenters. The zero-order chi connectivity index (χ0) is 16.8. The van der Waals surface area contributed by atoms with Crippen LogP contribution in [0, 0.1) is 5.92 Å².